The van der Waals surface area contributed by atoms with Crippen molar-refractivity contribution in [3.05, 3.63) is 23.3 Å². The Morgan fingerprint density at radius 1 is 1.12 bits per heavy atom. The summed E-state index contributed by atoms with van der Waals surface area (Å²) in [6.45, 7) is 9.91. The van der Waals surface area contributed by atoms with Crippen molar-refractivity contribution in [1.29, 1.82) is 0 Å². The van der Waals surface area contributed by atoms with Gasteiger partial charge in [0.05, 0.1) is 5.41 Å². The lowest BCUT2D eigenvalue weighted by Gasteiger charge is -2.48. The molecule has 4 aliphatic carbocycles. The number of hydrogen-bond acceptors (Lipinski definition) is 4. The van der Waals surface area contributed by atoms with E-state index in [1.807, 2.05) is 13.0 Å². The summed E-state index contributed by atoms with van der Waals surface area (Å²) in [5.41, 5.74) is -1.80. The zero-order chi connectivity index (χ0) is 17.8. The second-order valence-corrected chi connectivity index (χ2v) is 9.28. The second-order valence-electron chi connectivity index (χ2n) is 9.28. The van der Waals surface area contributed by atoms with Gasteiger partial charge >= 0.3 is 0 Å². The zero-order valence-corrected chi connectivity index (χ0v) is 15.1. The molecule has 1 spiro atoms. The van der Waals surface area contributed by atoms with Crippen LogP contribution in [0.2, 0.25) is 0 Å². The van der Waals surface area contributed by atoms with Crippen molar-refractivity contribution in [3.8, 4) is 0 Å². The van der Waals surface area contributed by atoms with Gasteiger partial charge in [-0.1, -0.05) is 32.9 Å². The lowest BCUT2D eigenvalue weighted by molar-refractivity contribution is -0.189. The Morgan fingerprint density at radius 2 is 1.71 bits per heavy atom. The van der Waals surface area contributed by atoms with Gasteiger partial charge in [-0.05, 0) is 54.6 Å². The number of allylic oxidation sites excluding steroid dienone is 1. The number of carbonyl (C=O) groups is 1. The molecular weight excluding hydrogens is 304 g/mol. The summed E-state index contributed by atoms with van der Waals surface area (Å²) in [6.07, 6.45) is 2.01. The van der Waals surface area contributed by atoms with Crippen LogP contribution in [0.5, 0.6) is 0 Å². The van der Waals surface area contributed by atoms with Crippen LogP contribution in [0.15, 0.2) is 23.3 Å². The number of fused-ring (bicyclic) bond motifs is 3. The predicted octanol–water partition coefficient (Wildman–Crippen LogP) is 1.84. The molecule has 0 aromatic rings. The molecule has 0 aromatic heterocycles. The first-order valence-electron chi connectivity index (χ1n) is 9.01. The maximum Gasteiger partial charge on any atom is 0.153 e. The van der Waals surface area contributed by atoms with Crippen LogP contribution in [0, 0.1) is 34.5 Å². The maximum absolute atomic E-state index is 13.7. The van der Waals surface area contributed by atoms with E-state index in [0.29, 0.717) is 17.1 Å². The van der Waals surface area contributed by atoms with Crippen molar-refractivity contribution in [1.82, 2.24) is 0 Å². The number of ketones is 1. The van der Waals surface area contributed by atoms with E-state index in [2.05, 4.69) is 13.8 Å². The van der Waals surface area contributed by atoms with E-state index in [4.69, 9.17) is 0 Å². The molecule has 0 heterocycles. The number of aliphatic hydroxyl groups excluding tert-OH is 2. The standard InChI is InChI=1S/C20H28O4/c1-9-6-12-14-13(18(14,4)5)7-11(3)19(17(12)23)8-10(2)16(22)20(19,24)15(9)21/h6,8,11-16,21-22,24H,7H2,1-5H3/t11-,12?,13?,14?,15-,16+,19?,20+/m1/s1. The first kappa shape index (κ1) is 16.5. The number of hydrogen-bond donors (Lipinski definition) is 3. The Morgan fingerprint density at radius 3 is 2.33 bits per heavy atom. The highest BCUT2D eigenvalue weighted by Gasteiger charge is 2.75. The molecule has 0 amide bonds. The molecule has 2 saturated carbocycles. The normalized spacial score (nSPS) is 54.9. The van der Waals surface area contributed by atoms with Gasteiger partial charge in [-0.15, -0.1) is 0 Å². The number of Topliss-reactive ketones (excluding diaryl/α,β-unsaturated/α-hetero) is 1. The van der Waals surface area contributed by atoms with Crippen molar-refractivity contribution in [3.63, 3.8) is 0 Å². The van der Waals surface area contributed by atoms with Crippen LogP contribution in [0.3, 0.4) is 0 Å². The first-order valence-corrected chi connectivity index (χ1v) is 9.01. The summed E-state index contributed by atoms with van der Waals surface area (Å²) in [4.78, 5) is 13.7. The molecule has 24 heavy (non-hydrogen) atoms. The van der Waals surface area contributed by atoms with Crippen LogP contribution in [-0.2, 0) is 4.79 Å². The Bertz CT molecular complexity index is 690. The third-order valence-electron chi connectivity index (χ3n) is 7.88. The van der Waals surface area contributed by atoms with Crippen molar-refractivity contribution >= 4 is 5.78 Å². The molecule has 0 saturated heterocycles. The van der Waals surface area contributed by atoms with Crippen molar-refractivity contribution in [2.45, 2.75) is 58.8 Å². The molecule has 4 rings (SSSR count). The third-order valence-corrected chi connectivity index (χ3v) is 7.88. The summed E-state index contributed by atoms with van der Waals surface area (Å²) in [5, 5.41) is 33.2. The summed E-state index contributed by atoms with van der Waals surface area (Å²) in [5.74, 6) is 0.240. The fourth-order valence-electron chi connectivity index (χ4n) is 6.41. The highest BCUT2D eigenvalue weighted by atomic mass is 16.4. The van der Waals surface area contributed by atoms with Crippen LogP contribution in [0.4, 0.5) is 0 Å². The summed E-state index contributed by atoms with van der Waals surface area (Å²) in [7, 11) is 0. The summed E-state index contributed by atoms with van der Waals surface area (Å²) >= 11 is 0. The van der Waals surface area contributed by atoms with E-state index in [1.54, 1.807) is 19.9 Å². The molecule has 132 valence electrons. The predicted molar refractivity (Wildman–Crippen MR) is 89.9 cm³/mol. The van der Waals surface area contributed by atoms with Crippen molar-refractivity contribution in [2.75, 3.05) is 0 Å². The molecule has 2 bridgehead atoms. The molecule has 8 atom stereocenters. The fraction of sp³-hybridized carbons (Fsp3) is 0.750. The molecule has 4 aliphatic rings. The maximum atomic E-state index is 13.7. The quantitative estimate of drug-likeness (QED) is 0.592. The van der Waals surface area contributed by atoms with Crippen LogP contribution >= 0.6 is 0 Å². The Hall–Kier alpha value is -0.970. The third kappa shape index (κ3) is 1.50. The molecule has 0 radical (unpaired) electrons. The summed E-state index contributed by atoms with van der Waals surface area (Å²) < 4.78 is 0. The van der Waals surface area contributed by atoms with Crippen LogP contribution in [0.25, 0.3) is 0 Å². The Kier molecular flexibility index (Phi) is 3.03. The summed E-state index contributed by atoms with van der Waals surface area (Å²) in [6, 6.07) is 0. The van der Waals surface area contributed by atoms with Crippen molar-refractivity contribution in [2.24, 2.45) is 34.5 Å². The van der Waals surface area contributed by atoms with Crippen LogP contribution < -0.4 is 0 Å². The monoisotopic (exact) mass is 332 g/mol. The Labute approximate surface area is 143 Å². The minimum absolute atomic E-state index is 0.0256. The van der Waals surface area contributed by atoms with Gasteiger partial charge in [0.15, 0.2) is 5.78 Å². The van der Waals surface area contributed by atoms with Gasteiger partial charge < -0.3 is 15.3 Å². The number of rotatable bonds is 0. The SMILES string of the molecule is CC1=CC2C(=O)C3(C=C(C)[C@H](O)[C@@]3(O)[C@@H]1O)[C@H](C)CC1C2C1(C)C. The molecule has 0 aliphatic heterocycles. The van der Waals surface area contributed by atoms with Crippen molar-refractivity contribution < 1.29 is 20.1 Å². The van der Waals surface area contributed by atoms with Gasteiger partial charge in [0.25, 0.3) is 0 Å². The van der Waals surface area contributed by atoms with Crippen LogP contribution in [0.1, 0.15) is 41.0 Å². The zero-order valence-electron chi connectivity index (χ0n) is 15.1. The molecule has 3 N–H and O–H groups in total. The average Bonchev–Trinajstić information content (AvgIpc) is 3.01. The van der Waals surface area contributed by atoms with E-state index in [9.17, 15) is 20.1 Å². The highest BCUT2D eigenvalue weighted by molar-refractivity contribution is 5.95. The fourth-order valence-corrected chi connectivity index (χ4v) is 6.41. The molecule has 2 fully saturated rings. The van der Waals surface area contributed by atoms with Gasteiger partial charge in [-0.2, -0.15) is 0 Å². The van der Waals surface area contributed by atoms with E-state index < -0.39 is 23.2 Å². The van der Waals surface area contributed by atoms with Gasteiger partial charge in [-0.25, -0.2) is 0 Å². The van der Waals surface area contributed by atoms with Gasteiger partial charge in [0.1, 0.15) is 17.8 Å². The average molecular weight is 332 g/mol. The lowest BCUT2D eigenvalue weighted by atomic mass is 9.59. The van der Waals surface area contributed by atoms with E-state index in [0.717, 1.165) is 6.42 Å². The van der Waals surface area contributed by atoms with E-state index >= 15 is 0 Å². The second kappa shape index (κ2) is 4.40. The number of carbonyl (C=O) groups excluding carboxylic acids is 1. The molecule has 4 unspecified atom stereocenters. The minimum atomic E-state index is -1.87. The van der Waals surface area contributed by atoms with Gasteiger partial charge in [0, 0.05) is 5.92 Å². The van der Waals surface area contributed by atoms with Crippen LogP contribution in [-0.4, -0.2) is 38.9 Å². The molecular formula is C20H28O4. The number of aliphatic hydroxyl groups is 3. The van der Waals surface area contributed by atoms with Gasteiger partial charge in [-0.3, -0.25) is 4.79 Å². The molecule has 0 aromatic carbocycles. The first-order chi connectivity index (χ1) is 11.0. The molecule has 4 nitrogen and oxygen atoms in total. The largest absolute Gasteiger partial charge is 0.386 e. The lowest BCUT2D eigenvalue weighted by Crippen LogP contribution is -2.64. The van der Waals surface area contributed by atoms with Gasteiger partial charge in [0.2, 0.25) is 0 Å². The van der Waals surface area contributed by atoms with E-state index in [1.165, 1.54) is 0 Å². The molecule has 4 heteroatoms. The highest BCUT2D eigenvalue weighted by Crippen LogP contribution is 2.71. The van der Waals surface area contributed by atoms with E-state index in [-0.39, 0.29) is 29.0 Å². The topological polar surface area (TPSA) is 77.8 Å². The minimum Gasteiger partial charge on any atom is -0.386 e. The smallest absolute Gasteiger partial charge is 0.153 e. The Balaban J connectivity index is 1.99.